The van der Waals surface area contributed by atoms with E-state index in [0.29, 0.717) is 6.42 Å². The van der Waals surface area contributed by atoms with Crippen molar-refractivity contribution in [2.45, 2.75) is 50.8 Å². The molecule has 0 radical (unpaired) electrons. The van der Waals surface area contributed by atoms with Gasteiger partial charge in [0.2, 0.25) is 5.67 Å². The van der Waals surface area contributed by atoms with Gasteiger partial charge in [-0.05, 0) is 32.1 Å². The fourth-order valence-corrected chi connectivity index (χ4v) is 1.89. The Hall–Kier alpha value is -0.640. The first-order valence-corrected chi connectivity index (χ1v) is 5.01. The van der Waals surface area contributed by atoms with Gasteiger partial charge >= 0.3 is 5.97 Å². The lowest BCUT2D eigenvalue weighted by Crippen LogP contribution is -2.55. The number of aliphatic carboxylic acids is 1. The van der Waals surface area contributed by atoms with E-state index in [1.165, 1.54) is 6.92 Å². The lowest BCUT2D eigenvalue weighted by Gasteiger charge is -2.35. The van der Waals surface area contributed by atoms with Crippen LogP contribution in [-0.2, 0) is 4.79 Å². The maximum Gasteiger partial charge on any atom is 0.344 e. The molecule has 1 aliphatic carbocycles. The van der Waals surface area contributed by atoms with Crippen LogP contribution < -0.4 is 0 Å². The Morgan fingerprint density at radius 1 is 1.57 bits per heavy atom. The van der Waals surface area contributed by atoms with Crippen LogP contribution in [0.2, 0.25) is 0 Å². The number of hydrogen-bond acceptors (Lipinski definition) is 2. The van der Waals surface area contributed by atoms with Crippen LogP contribution in [-0.4, -0.2) is 27.5 Å². The van der Waals surface area contributed by atoms with E-state index in [4.69, 9.17) is 5.11 Å². The lowest BCUT2D eigenvalue weighted by molar-refractivity contribution is -0.176. The molecule has 0 amide bonds. The fourth-order valence-electron chi connectivity index (χ4n) is 1.89. The topological polar surface area (TPSA) is 57.5 Å². The molecule has 82 valence electrons. The van der Waals surface area contributed by atoms with E-state index in [9.17, 15) is 14.3 Å². The summed E-state index contributed by atoms with van der Waals surface area (Å²) in [6, 6.07) is 0. The Bertz CT molecular complexity index is 236. The largest absolute Gasteiger partial charge is 0.479 e. The maximum absolute atomic E-state index is 14.1. The van der Waals surface area contributed by atoms with Gasteiger partial charge in [0.15, 0.2) is 0 Å². The van der Waals surface area contributed by atoms with E-state index in [0.717, 1.165) is 12.8 Å². The average molecular weight is 204 g/mol. The van der Waals surface area contributed by atoms with Gasteiger partial charge in [0, 0.05) is 0 Å². The fraction of sp³-hybridized carbons (Fsp3) is 0.900. The molecule has 4 heteroatoms. The standard InChI is InChI=1S/C10H17FO3/c1-3-6-10(11,8(12)13)9(2,14)7-4-5-7/h7,14H,3-6H2,1-2H3,(H,12,13). The Morgan fingerprint density at radius 2 is 2.07 bits per heavy atom. The van der Waals surface area contributed by atoms with Gasteiger partial charge in [-0.1, -0.05) is 13.3 Å². The maximum atomic E-state index is 14.1. The summed E-state index contributed by atoms with van der Waals surface area (Å²) in [7, 11) is 0. The molecule has 0 bridgehead atoms. The molecule has 0 spiro atoms. The van der Waals surface area contributed by atoms with Crippen LogP contribution in [0.4, 0.5) is 4.39 Å². The number of halogens is 1. The lowest BCUT2D eigenvalue weighted by atomic mass is 9.79. The predicted molar refractivity (Wildman–Crippen MR) is 49.7 cm³/mol. The Morgan fingerprint density at radius 3 is 2.36 bits per heavy atom. The molecule has 2 N–H and O–H groups in total. The summed E-state index contributed by atoms with van der Waals surface area (Å²) in [5, 5.41) is 18.8. The zero-order valence-corrected chi connectivity index (χ0v) is 8.59. The summed E-state index contributed by atoms with van der Waals surface area (Å²) >= 11 is 0. The van der Waals surface area contributed by atoms with Crippen LogP contribution in [0.3, 0.4) is 0 Å². The SMILES string of the molecule is CCCC(F)(C(=O)O)C(C)(O)C1CC1. The van der Waals surface area contributed by atoms with Crippen molar-refractivity contribution < 1.29 is 19.4 Å². The minimum absolute atomic E-state index is 0.133. The number of rotatable bonds is 5. The highest BCUT2D eigenvalue weighted by atomic mass is 19.1. The third-order valence-corrected chi connectivity index (χ3v) is 3.11. The second-order valence-electron chi connectivity index (χ2n) is 4.28. The summed E-state index contributed by atoms with van der Waals surface area (Å²) in [5.74, 6) is -1.74. The average Bonchev–Trinajstić information content (AvgIpc) is 2.85. The van der Waals surface area contributed by atoms with Crippen LogP contribution in [0.25, 0.3) is 0 Å². The highest BCUT2D eigenvalue weighted by molar-refractivity contribution is 5.79. The van der Waals surface area contributed by atoms with E-state index in [-0.39, 0.29) is 12.3 Å². The number of carbonyl (C=O) groups is 1. The van der Waals surface area contributed by atoms with Gasteiger partial charge in [-0.3, -0.25) is 0 Å². The number of carboxylic acids is 1. The molecule has 1 rings (SSSR count). The van der Waals surface area contributed by atoms with Crippen molar-refractivity contribution in [1.29, 1.82) is 0 Å². The molecule has 14 heavy (non-hydrogen) atoms. The third-order valence-electron chi connectivity index (χ3n) is 3.11. The molecular weight excluding hydrogens is 187 g/mol. The van der Waals surface area contributed by atoms with Crippen LogP contribution >= 0.6 is 0 Å². The summed E-state index contributed by atoms with van der Waals surface area (Å²) in [5.41, 5.74) is -4.22. The summed E-state index contributed by atoms with van der Waals surface area (Å²) in [6.07, 6.45) is 1.71. The van der Waals surface area contributed by atoms with Crippen LogP contribution in [0.15, 0.2) is 0 Å². The van der Waals surface area contributed by atoms with Gasteiger partial charge in [-0.15, -0.1) is 0 Å². The molecule has 0 aromatic heterocycles. The number of alkyl halides is 1. The first-order chi connectivity index (χ1) is 6.36. The Kier molecular flexibility index (Phi) is 2.86. The van der Waals surface area contributed by atoms with Crippen LogP contribution in [0.5, 0.6) is 0 Å². The molecule has 0 aromatic rings. The van der Waals surface area contributed by atoms with Gasteiger partial charge in [0.25, 0.3) is 0 Å². The Balaban J connectivity index is 2.90. The van der Waals surface area contributed by atoms with Crippen LogP contribution in [0, 0.1) is 5.92 Å². The minimum Gasteiger partial charge on any atom is -0.479 e. The normalized spacial score (nSPS) is 25.1. The van der Waals surface area contributed by atoms with E-state index >= 15 is 0 Å². The van der Waals surface area contributed by atoms with Crippen molar-refractivity contribution in [3.8, 4) is 0 Å². The van der Waals surface area contributed by atoms with Gasteiger partial charge in [-0.2, -0.15) is 0 Å². The molecule has 1 saturated carbocycles. The summed E-state index contributed by atoms with van der Waals surface area (Å²) in [4.78, 5) is 10.9. The smallest absolute Gasteiger partial charge is 0.344 e. The highest BCUT2D eigenvalue weighted by Crippen LogP contribution is 2.48. The zero-order chi connectivity index (χ0) is 11.0. The molecule has 0 saturated heterocycles. The van der Waals surface area contributed by atoms with Crippen molar-refractivity contribution in [3.05, 3.63) is 0 Å². The third kappa shape index (κ3) is 1.63. The molecule has 1 aliphatic rings. The van der Waals surface area contributed by atoms with Crippen LogP contribution in [0.1, 0.15) is 39.5 Å². The molecule has 3 nitrogen and oxygen atoms in total. The second-order valence-corrected chi connectivity index (χ2v) is 4.28. The van der Waals surface area contributed by atoms with Crippen molar-refractivity contribution in [3.63, 3.8) is 0 Å². The van der Waals surface area contributed by atoms with E-state index in [1.54, 1.807) is 6.92 Å². The molecule has 2 atom stereocenters. The molecule has 1 fully saturated rings. The van der Waals surface area contributed by atoms with Crippen molar-refractivity contribution >= 4 is 5.97 Å². The monoisotopic (exact) mass is 204 g/mol. The first kappa shape index (κ1) is 11.4. The molecule has 0 aromatic carbocycles. The number of hydrogen-bond donors (Lipinski definition) is 2. The second kappa shape index (κ2) is 3.50. The summed E-state index contributed by atoms with van der Waals surface area (Å²) in [6.45, 7) is 3.01. The van der Waals surface area contributed by atoms with E-state index < -0.39 is 17.2 Å². The van der Waals surface area contributed by atoms with E-state index in [2.05, 4.69) is 0 Å². The predicted octanol–water partition coefficient (Wildman–Crippen LogP) is 1.74. The Labute approximate surface area is 82.9 Å². The van der Waals surface area contributed by atoms with Gasteiger partial charge in [-0.25, -0.2) is 9.18 Å². The van der Waals surface area contributed by atoms with Gasteiger partial charge < -0.3 is 10.2 Å². The first-order valence-electron chi connectivity index (χ1n) is 5.01. The quantitative estimate of drug-likeness (QED) is 0.717. The minimum atomic E-state index is -2.50. The number of carboxylic acid groups (broad SMARTS) is 1. The van der Waals surface area contributed by atoms with Crippen molar-refractivity contribution in [2.75, 3.05) is 0 Å². The molecule has 2 unspecified atom stereocenters. The molecule has 0 heterocycles. The van der Waals surface area contributed by atoms with Gasteiger partial charge in [0.1, 0.15) is 5.60 Å². The molecular formula is C10H17FO3. The number of aliphatic hydroxyl groups is 1. The highest BCUT2D eigenvalue weighted by Gasteiger charge is 2.60. The summed E-state index contributed by atoms with van der Waals surface area (Å²) < 4.78 is 14.1. The van der Waals surface area contributed by atoms with Crippen molar-refractivity contribution in [2.24, 2.45) is 5.92 Å². The van der Waals surface area contributed by atoms with Crippen molar-refractivity contribution in [1.82, 2.24) is 0 Å². The van der Waals surface area contributed by atoms with E-state index in [1.807, 2.05) is 0 Å². The molecule has 0 aliphatic heterocycles. The van der Waals surface area contributed by atoms with Gasteiger partial charge in [0.05, 0.1) is 0 Å². The zero-order valence-electron chi connectivity index (χ0n) is 8.59.